The summed E-state index contributed by atoms with van der Waals surface area (Å²) in [6.45, 7) is 8.07. The van der Waals surface area contributed by atoms with Crippen molar-refractivity contribution in [1.29, 1.82) is 0 Å². The van der Waals surface area contributed by atoms with Crippen molar-refractivity contribution in [1.82, 2.24) is 10.3 Å². The van der Waals surface area contributed by atoms with E-state index in [0.717, 1.165) is 35.7 Å². The lowest BCUT2D eigenvalue weighted by Crippen LogP contribution is -2.46. The van der Waals surface area contributed by atoms with Gasteiger partial charge >= 0.3 is 0 Å². The minimum Gasteiger partial charge on any atom is -0.496 e. The topological polar surface area (TPSA) is 63.6 Å². The van der Waals surface area contributed by atoms with E-state index in [1.165, 1.54) is 0 Å². The van der Waals surface area contributed by atoms with Crippen molar-refractivity contribution < 1.29 is 14.6 Å². The van der Waals surface area contributed by atoms with Crippen LogP contribution in [0.15, 0.2) is 6.20 Å². The highest BCUT2D eigenvalue weighted by atomic mass is 16.5. The summed E-state index contributed by atoms with van der Waals surface area (Å²) < 4.78 is 10.9. The van der Waals surface area contributed by atoms with E-state index >= 15 is 0 Å². The molecule has 0 spiro atoms. The second-order valence-electron chi connectivity index (χ2n) is 6.15. The minimum absolute atomic E-state index is 0.196. The van der Waals surface area contributed by atoms with Crippen LogP contribution in [-0.2, 0) is 11.2 Å². The first-order valence-electron chi connectivity index (χ1n) is 7.45. The number of aromatic nitrogens is 1. The summed E-state index contributed by atoms with van der Waals surface area (Å²) in [5, 5.41) is 14.1. The monoisotopic (exact) mass is 294 g/mol. The Kier molecular flexibility index (Phi) is 5.19. The molecule has 2 atom stereocenters. The van der Waals surface area contributed by atoms with Gasteiger partial charge in [0.25, 0.3) is 0 Å². The Morgan fingerprint density at radius 1 is 1.52 bits per heavy atom. The zero-order chi connectivity index (χ0) is 15.5. The van der Waals surface area contributed by atoms with Crippen molar-refractivity contribution in [2.45, 2.75) is 45.3 Å². The Hall–Kier alpha value is -1.17. The third-order valence-corrected chi connectivity index (χ3v) is 3.98. The fraction of sp³-hybridized carbons (Fsp3) is 0.688. The third kappa shape index (κ3) is 4.15. The smallest absolute Gasteiger partial charge is 0.128 e. The van der Waals surface area contributed by atoms with Crippen LogP contribution in [0.3, 0.4) is 0 Å². The molecule has 2 rings (SSSR count). The second-order valence-corrected chi connectivity index (χ2v) is 6.15. The van der Waals surface area contributed by atoms with Crippen molar-refractivity contribution >= 4 is 0 Å². The Bertz CT molecular complexity index is 483. The summed E-state index contributed by atoms with van der Waals surface area (Å²) in [6.07, 6.45) is 2.96. The molecule has 0 bridgehead atoms. The van der Waals surface area contributed by atoms with E-state index in [4.69, 9.17) is 9.47 Å². The third-order valence-electron chi connectivity index (χ3n) is 3.98. The molecule has 2 N–H and O–H groups in total. The van der Waals surface area contributed by atoms with E-state index < -0.39 is 5.60 Å². The number of nitrogens with one attached hydrogen (secondary N) is 1. The fourth-order valence-electron chi connectivity index (χ4n) is 2.96. The van der Waals surface area contributed by atoms with E-state index in [9.17, 15) is 5.11 Å². The largest absolute Gasteiger partial charge is 0.496 e. The maximum absolute atomic E-state index is 10.7. The number of hydrogen-bond acceptors (Lipinski definition) is 5. The number of nitrogens with zero attached hydrogens (tertiary/aromatic N) is 1. The molecule has 118 valence electrons. The van der Waals surface area contributed by atoms with Crippen LogP contribution in [0.25, 0.3) is 0 Å². The van der Waals surface area contributed by atoms with Gasteiger partial charge in [0.05, 0.1) is 25.9 Å². The standard InChI is InChI=1S/C16H26N2O3/c1-11-9-18-14(12(2)15(11)20-4)8-16(3,19)7-13-10-21-6-5-17-13/h9,13,17,19H,5-8,10H2,1-4H3. The van der Waals surface area contributed by atoms with E-state index in [-0.39, 0.29) is 6.04 Å². The zero-order valence-electron chi connectivity index (χ0n) is 13.4. The molecule has 1 saturated heterocycles. The molecule has 0 aliphatic carbocycles. The number of ether oxygens (including phenoxy) is 2. The van der Waals surface area contributed by atoms with Gasteiger partial charge < -0.3 is 19.9 Å². The normalized spacial score (nSPS) is 21.9. The number of rotatable bonds is 5. The first kappa shape index (κ1) is 16.2. The van der Waals surface area contributed by atoms with Gasteiger partial charge in [-0.15, -0.1) is 0 Å². The number of aryl methyl sites for hydroxylation is 1. The van der Waals surface area contributed by atoms with Crippen LogP contribution in [0, 0.1) is 13.8 Å². The lowest BCUT2D eigenvalue weighted by Gasteiger charge is -2.31. The van der Waals surface area contributed by atoms with E-state index in [2.05, 4.69) is 10.3 Å². The minimum atomic E-state index is -0.823. The van der Waals surface area contributed by atoms with Crippen molar-refractivity contribution in [2.75, 3.05) is 26.9 Å². The van der Waals surface area contributed by atoms with E-state index in [1.807, 2.05) is 20.8 Å². The maximum Gasteiger partial charge on any atom is 0.128 e. The zero-order valence-corrected chi connectivity index (χ0v) is 13.4. The molecule has 1 aromatic heterocycles. The highest BCUT2D eigenvalue weighted by molar-refractivity contribution is 5.41. The van der Waals surface area contributed by atoms with Gasteiger partial charge in [-0.1, -0.05) is 0 Å². The van der Waals surface area contributed by atoms with Gasteiger partial charge in [-0.05, 0) is 27.2 Å². The molecule has 0 radical (unpaired) electrons. The molecule has 0 aromatic carbocycles. The van der Waals surface area contributed by atoms with Crippen molar-refractivity contribution in [3.63, 3.8) is 0 Å². The van der Waals surface area contributed by atoms with Gasteiger partial charge in [0.1, 0.15) is 5.75 Å². The van der Waals surface area contributed by atoms with Crippen LogP contribution in [0.2, 0.25) is 0 Å². The first-order valence-corrected chi connectivity index (χ1v) is 7.45. The summed E-state index contributed by atoms with van der Waals surface area (Å²) in [5.41, 5.74) is 2.08. The van der Waals surface area contributed by atoms with Crippen LogP contribution >= 0.6 is 0 Å². The average Bonchev–Trinajstić information content (AvgIpc) is 2.43. The van der Waals surface area contributed by atoms with E-state index in [1.54, 1.807) is 13.3 Å². The van der Waals surface area contributed by atoms with Crippen molar-refractivity contribution in [3.8, 4) is 5.75 Å². The van der Waals surface area contributed by atoms with Gasteiger partial charge in [-0.25, -0.2) is 0 Å². The van der Waals surface area contributed by atoms with E-state index in [0.29, 0.717) is 19.4 Å². The molecule has 2 unspecified atom stereocenters. The quantitative estimate of drug-likeness (QED) is 0.859. The fourth-order valence-corrected chi connectivity index (χ4v) is 2.96. The number of morpholine rings is 1. The van der Waals surface area contributed by atoms with Gasteiger partial charge in [-0.3, -0.25) is 4.98 Å². The van der Waals surface area contributed by atoms with Crippen LogP contribution in [0.5, 0.6) is 5.75 Å². The molecule has 5 nitrogen and oxygen atoms in total. The van der Waals surface area contributed by atoms with Crippen LogP contribution < -0.4 is 10.1 Å². The number of methoxy groups -OCH3 is 1. The Morgan fingerprint density at radius 2 is 2.29 bits per heavy atom. The Balaban J connectivity index is 2.08. The Morgan fingerprint density at radius 3 is 2.90 bits per heavy atom. The molecular weight excluding hydrogens is 268 g/mol. The van der Waals surface area contributed by atoms with Gasteiger partial charge in [0.15, 0.2) is 0 Å². The first-order chi connectivity index (χ1) is 9.93. The van der Waals surface area contributed by atoms with Crippen LogP contribution in [0.4, 0.5) is 0 Å². The molecule has 0 amide bonds. The number of pyridine rings is 1. The lowest BCUT2D eigenvalue weighted by molar-refractivity contribution is 0.00585. The number of hydrogen-bond donors (Lipinski definition) is 2. The predicted octanol–water partition coefficient (Wildman–Crippen LogP) is 1.38. The molecule has 1 aliphatic rings. The molecule has 5 heteroatoms. The van der Waals surface area contributed by atoms with Crippen molar-refractivity contribution in [3.05, 3.63) is 23.0 Å². The molecular formula is C16H26N2O3. The van der Waals surface area contributed by atoms with Gasteiger partial charge in [-0.2, -0.15) is 0 Å². The molecule has 1 aromatic rings. The highest BCUT2D eigenvalue weighted by Gasteiger charge is 2.28. The summed E-state index contributed by atoms with van der Waals surface area (Å²) in [5.74, 6) is 0.856. The van der Waals surface area contributed by atoms with Crippen LogP contribution in [-0.4, -0.2) is 48.6 Å². The van der Waals surface area contributed by atoms with Gasteiger partial charge in [0, 0.05) is 42.0 Å². The highest BCUT2D eigenvalue weighted by Crippen LogP contribution is 2.27. The summed E-state index contributed by atoms with van der Waals surface area (Å²) in [4.78, 5) is 4.47. The maximum atomic E-state index is 10.7. The summed E-state index contributed by atoms with van der Waals surface area (Å²) in [6, 6.07) is 0.196. The molecule has 2 heterocycles. The SMILES string of the molecule is COc1c(C)cnc(CC(C)(O)CC2COCCN2)c1C. The summed E-state index contributed by atoms with van der Waals surface area (Å²) in [7, 11) is 1.67. The Labute approximate surface area is 126 Å². The average molecular weight is 294 g/mol. The predicted molar refractivity (Wildman–Crippen MR) is 81.8 cm³/mol. The molecule has 1 fully saturated rings. The lowest BCUT2D eigenvalue weighted by atomic mass is 9.90. The van der Waals surface area contributed by atoms with Gasteiger partial charge in [0.2, 0.25) is 0 Å². The molecule has 21 heavy (non-hydrogen) atoms. The summed E-state index contributed by atoms with van der Waals surface area (Å²) >= 11 is 0. The number of aliphatic hydroxyl groups is 1. The van der Waals surface area contributed by atoms with Crippen LogP contribution in [0.1, 0.15) is 30.2 Å². The van der Waals surface area contributed by atoms with Crippen molar-refractivity contribution in [2.24, 2.45) is 0 Å². The second kappa shape index (κ2) is 6.73. The molecule has 1 aliphatic heterocycles. The molecule has 0 saturated carbocycles.